The molecule has 6 nitrogen and oxygen atoms in total. The van der Waals surface area contributed by atoms with Crippen LogP contribution in [0.1, 0.15) is 0 Å². The summed E-state index contributed by atoms with van der Waals surface area (Å²) >= 11 is 0. The first-order valence-corrected chi connectivity index (χ1v) is 8.85. The van der Waals surface area contributed by atoms with E-state index >= 15 is 0 Å². The molecule has 0 atom stereocenters. The van der Waals surface area contributed by atoms with Crippen LogP contribution in [0.15, 0.2) is 73.2 Å². The molecule has 3 aromatic heterocycles. The molecule has 4 rings (SSSR count). The van der Waals surface area contributed by atoms with Gasteiger partial charge in [0.25, 0.3) is 0 Å². The number of ether oxygens (including phenoxy) is 1. The average Bonchev–Trinajstić information content (AvgIpc) is 2.79. The van der Waals surface area contributed by atoms with Crippen LogP contribution in [0, 0.1) is 0 Å². The number of nitrogens with zero attached hydrogens (tertiary/aromatic N) is 4. The molecule has 0 saturated heterocycles. The Hall–Kier alpha value is -3.80. The van der Waals surface area contributed by atoms with Crippen LogP contribution in [-0.2, 0) is 0 Å². The van der Waals surface area contributed by atoms with Crippen molar-refractivity contribution in [2.75, 3.05) is 19.5 Å². The number of hydrogen-bond acceptors (Lipinski definition) is 6. The molecule has 0 amide bonds. The Labute approximate surface area is 163 Å². The fourth-order valence-electron chi connectivity index (χ4n) is 2.94. The largest absolute Gasteiger partial charge is 0.496 e. The number of pyridine rings is 2. The number of para-hydroxylation sites is 1. The zero-order chi connectivity index (χ0) is 19.3. The molecular formula is C22H19N5O. The van der Waals surface area contributed by atoms with E-state index in [0.717, 1.165) is 33.8 Å². The highest BCUT2D eigenvalue weighted by Crippen LogP contribution is 2.32. The van der Waals surface area contributed by atoms with Crippen molar-refractivity contribution >= 4 is 5.82 Å². The predicted molar refractivity (Wildman–Crippen MR) is 110 cm³/mol. The summed E-state index contributed by atoms with van der Waals surface area (Å²) in [5.41, 5.74) is 4.31. The van der Waals surface area contributed by atoms with Crippen molar-refractivity contribution in [3.8, 4) is 39.7 Å². The summed E-state index contributed by atoms with van der Waals surface area (Å²) < 4.78 is 5.49. The Balaban J connectivity index is 1.81. The van der Waals surface area contributed by atoms with Gasteiger partial charge >= 0.3 is 0 Å². The lowest BCUT2D eigenvalue weighted by molar-refractivity contribution is 0.416. The third kappa shape index (κ3) is 3.53. The minimum absolute atomic E-state index is 0.560. The van der Waals surface area contributed by atoms with Crippen molar-refractivity contribution in [1.82, 2.24) is 19.9 Å². The van der Waals surface area contributed by atoms with Gasteiger partial charge in [-0.25, -0.2) is 9.97 Å². The standard InChI is InChI=1S/C22H19N5O/c1-23-21-12-19(26-22(27-21)18-8-5-6-10-25-18)16-11-15(13-24-14-16)17-7-3-4-9-20(17)28-2/h3-14H,1-2H3,(H,23,26,27). The molecule has 0 fully saturated rings. The molecule has 0 saturated carbocycles. The molecular weight excluding hydrogens is 350 g/mol. The number of aromatic nitrogens is 4. The lowest BCUT2D eigenvalue weighted by Gasteiger charge is -2.11. The second kappa shape index (κ2) is 7.84. The number of nitrogens with one attached hydrogen (secondary N) is 1. The molecule has 0 aliphatic heterocycles. The maximum atomic E-state index is 5.49. The summed E-state index contributed by atoms with van der Waals surface area (Å²) in [6.45, 7) is 0. The molecule has 4 aromatic rings. The molecule has 0 spiro atoms. The van der Waals surface area contributed by atoms with Crippen LogP contribution < -0.4 is 10.1 Å². The van der Waals surface area contributed by atoms with Crippen molar-refractivity contribution < 1.29 is 4.74 Å². The van der Waals surface area contributed by atoms with Crippen LogP contribution in [0.2, 0.25) is 0 Å². The van der Waals surface area contributed by atoms with E-state index in [-0.39, 0.29) is 0 Å². The van der Waals surface area contributed by atoms with Crippen LogP contribution in [-0.4, -0.2) is 34.1 Å². The zero-order valence-corrected chi connectivity index (χ0v) is 15.6. The first-order valence-electron chi connectivity index (χ1n) is 8.85. The number of methoxy groups -OCH3 is 1. The van der Waals surface area contributed by atoms with Gasteiger partial charge in [0.1, 0.15) is 17.3 Å². The van der Waals surface area contributed by atoms with Gasteiger partial charge in [0.2, 0.25) is 0 Å². The Morgan fingerprint density at radius 1 is 0.857 bits per heavy atom. The van der Waals surface area contributed by atoms with E-state index in [9.17, 15) is 0 Å². The second-order valence-corrected chi connectivity index (χ2v) is 6.09. The van der Waals surface area contributed by atoms with Crippen molar-refractivity contribution in [1.29, 1.82) is 0 Å². The molecule has 28 heavy (non-hydrogen) atoms. The lowest BCUT2D eigenvalue weighted by Crippen LogP contribution is -2.00. The van der Waals surface area contributed by atoms with Crippen LogP contribution in [0.3, 0.4) is 0 Å². The van der Waals surface area contributed by atoms with Crippen molar-refractivity contribution in [3.05, 3.63) is 73.2 Å². The van der Waals surface area contributed by atoms with E-state index in [1.165, 1.54) is 0 Å². The average molecular weight is 369 g/mol. The maximum absolute atomic E-state index is 5.49. The zero-order valence-electron chi connectivity index (χ0n) is 15.6. The van der Waals surface area contributed by atoms with Gasteiger partial charge in [-0.3, -0.25) is 9.97 Å². The summed E-state index contributed by atoms with van der Waals surface area (Å²) in [4.78, 5) is 18.0. The summed E-state index contributed by atoms with van der Waals surface area (Å²) in [5, 5.41) is 3.09. The molecule has 0 aliphatic carbocycles. The number of benzene rings is 1. The molecule has 0 unspecified atom stereocenters. The topological polar surface area (TPSA) is 72.8 Å². The lowest BCUT2D eigenvalue weighted by atomic mass is 10.0. The van der Waals surface area contributed by atoms with E-state index in [0.29, 0.717) is 11.6 Å². The van der Waals surface area contributed by atoms with Gasteiger partial charge in [-0.1, -0.05) is 24.3 Å². The first-order chi connectivity index (χ1) is 13.8. The van der Waals surface area contributed by atoms with Gasteiger partial charge in [-0.15, -0.1) is 0 Å². The Kier molecular flexibility index (Phi) is 4.93. The molecule has 0 aliphatic rings. The highest BCUT2D eigenvalue weighted by molar-refractivity contribution is 5.75. The molecule has 3 heterocycles. The fourth-order valence-corrected chi connectivity index (χ4v) is 2.94. The third-order valence-electron chi connectivity index (χ3n) is 4.33. The normalized spacial score (nSPS) is 10.5. The van der Waals surface area contributed by atoms with Crippen LogP contribution in [0.25, 0.3) is 33.9 Å². The molecule has 1 N–H and O–H groups in total. The SMILES string of the molecule is CNc1cc(-c2cncc(-c3ccccc3OC)c2)nc(-c2ccccn2)n1. The Morgan fingerprint density at radius 2 is 1.68 bits per heavy atom. The maximum Gasteiger partial charge on any atom is 0.180 e. The van der Waals surface area contributed by atoms with Crippen molar-refractivity contribution in [2.24, 2.45) is 0 Å². The summed E-state index contributed by atoms with van der Waals surface area (Å²) in [6, 6.07) is 17.5. The predicted octanol–water partition coefficient (Wildman–Crippen LogP) is 4.32. The quantitative estimate of drug-likeness (QED) is 0.565. The van der Waals surface area contributed by atoms with Gasteiger partial charge in [-0.05, 0) is 24.3 Å². The summed E-state index contributed by atoms with van der Waals surface area (Å²) in [6.07, 6.45) is 5.35. The van der Waals surface area contributed by atoms with E-state index in [1.54, 1.807) is 19.5 Å². The minimum Gasteiger partial charge on any atom is -0.496 e. The molecule has 138 valence electrons. The number of anilines is 1. The van der Waals surface area contributed by atoms with E-state index < -0.39 is 0 Å². The molecule has 0 radical (unpaired) electrons. The van der Waals surface area contributed by atoms with Gasteiger partial charge < -0.3 is 10.1 Å². The van der Waals surface area contributed by atoms with Crippen molar-refractivity contribution in [3.63, 3.8) is 0 Å². The highest BCUT2D eigenvalue weighted by atomic mass is 16.5. The smallest absolute Gasteiger partial charge is 0.180 e. The second-order valence-electron chi connectivity index (χ2n) is 6.09. The van der Waals surface area contributed by atoms with Crippen molar-refractivity contribution in [2.45, 2.75) is 0 Å². The first kappa shape index (κ1) is 17.6. The van der Waals surface area contributed by atoms with Crippen LogP contribution in [0.5, 0.6) is 5.75 Å². The summed E-state index contributed by atoms with van der Waals surface area (Å²) in [7, 11) is 3.50. The highest BCUT2D eigenvalue weighted by Gasteiger charge is 2.11. The number of rotatable bonds is 5. The van der Waals surface area contributed by atoms with E-state index in [2.05, 4.69) is 26.3 Å². The van der Waals surface area contributed by atoms with E-state index in [4.69, 9.17) is 9.72 Å². The van der Waals surface area contributed by atoms with Gasteiger partial charge in [0.05, 0.1) is 12.8 Å². The van der Waals surface area contributed by atoms with Gasteiger partial charge in [0, 0.05) is 48.4 Å². The third-order valence-corrected chi connectivity index (χ3v) is 4.33. The molecule has 1 aromatic carbocycles. The molecule has 6 heteroatoms. The Morgan fingerprint density at radius 3 is 2.46 bits per heavy atom. The van der Waals surface area contributed by atoms with Crippen LogP contribution >= 0.6 is 0 Å². The fraction of sp³-hybridized carbons (Fsp3) is 0.0909. The molecule has 0 bridgehead atoms. The van der Waals surface area contributed by atoms with Gasteiger partial charge in [0.15, 0.2) is 5.82 Å². The van der Waals surface area contributed by atoms with Gasteiger partial charge in [-0.2, -0.15) is 0 Å². The van der Waals surface area contributed by atoms with E-state index in [1.807, 2.05) is 61.8 Å². The Bertz CT molecular complexity index is 1100. The number of hydrogen-bond donors (Lipinski definition) is 1. The summed E-state index contributed by atoms with van der Waals surface area (Å²) in [5.74, 6) is 2.08. The minimum atomic E-state index is 0.560. The monoisotopic (exact) mass is 369 g/mol. The van der Waals surface area contributed by atoms with Crippen LogP contribution in [0.4, 0.5) is 5.82 Å².